The number of nitrogen functional groups attached to an aromatic ring is 1. The van der Waals surface area contributed by atoms with E-state index >= 15 is 0 Å². The number of benzene rings is 1. The van der Waals surface area contributed by atoms with Crippen molar-refractivity contribution in [1.82, 2.24) is 15.0 Å². The third kappa shape index (κ3) is 3.55. The van der Waals surface area contributed by atoms with E-state index in [1.807, 2.05) is 44.2 Å². The van der Waals surface area contributed by atoms with E-state index in [0.717, 1.165) is 5.56 Å². The number of rotatable bonds is 6. The summed E-state index contributed by atoms with van der Waals surface area (Å²) in [5.41, 5.74) is 3.53. The zero-order valence-electron chi connectivity index (χ0n) is 11.5. The minimum Gasteiger partial charge on any atom is -0.464 e. The van der Waals surface area contributed by atoms with Crippen LogP contribution in [-0.4, -0.2) is 21.6 Å². The van der Waals surface area contributed by atoms with Gasteiger partial charge in [-0.3, -0.25) is 5.43 Å². The van der Waals surface area contributed by atoms with Crippen LogP contribution in [0.5, 0.6) is 6.01 Å². The first-order chi connectivity index (χ1) is 9.72. The van der Waals surface area contributed by atoms with E-state index in [1.165, 1.54) is 0 Å². The number of hydrogen-bond acceptors (Lipinski definition) is 7. The molecule has 2 rings (SSSR count). The Labute approximate surface area is 117 Å². The van der Waals surface area contributed by atoms with Crippen LogP contribution in [-0.2, 0) is 0 Å². The lowest BCUT2D eigenvalue weighted by Crippen LogP contribution is -2.16. The van der Waals surface area contributed by atoms with Crippen LogP contribution in [0.4, 0.5) is 11.9 Å². The third-order valence-electron chi connectivity index (χ3n) is 2.66. The van der Waals surface area contributed by atoms with Crippen molar-refractivity contribution >= 4 is 11.9 Å². The molecule has 20 heavy (non-hydrogen) atoms. The summed E-state index contributed by atoms with van der Waals surface area (Å²) in [6.07, 6.45) is 0. The molecule has 0 aliphatic heterocycles. The molecule has 106 valence electrons. The van der Waals surface area contributed by atoms with E-state index < -0.39 is 0 Å². The predicted molar refractivity (Wildman–Crippen MR) is 77.3 cm³/mol. The second kappa shape index (κ2) is 6.67. The minimum atomic E-state index is 0.0544. The summed E-state index contributed by atoms with van der Waals surface area (Å²) in [6, 6.07) is 10.3. The zero-order valence-corrected chi connectivity index (χ0v) is 11.5. The van der Waals surface area contributed by atoms with E-state index in [-0.39, 0.29) is 18.0 Å². The van der Waals surface area contributed by atoms with Crippen molar-refractivity contribution in [2.75, 3.05) is 17.3 Å². The Morgan fingerprint density at radius 3 is 2.50 bits per heavy atom. The van der Waals surface area contributed by atoms with Crippen LogP contribution in [0, 0.1) is 0 Å². The SMILES string of the molecule is CCOc1nc(NN)nc(NC(C)c2ccccc2)n1. The molecule has 0 spiro atoms. The molecular weight excluding hydrogens is 256 g/mol. The highest BCUT2D eigenvalue weighted by Gasteiger charge is 2.10. The largest absolute Gasteiger partial charge is 0.464 e. The molecule has 0 radical (unpaired) electrons. The van der Waals surface area contributed by atoms with E-state index in [2.05, 4.69) is 25.7 Å². The van der Waals surface area contributed by atoms with Crippen molar-refractivity contribution in [2.45, 2.75) is 19.9 Å². The monoisotopic (exact) mass is 274 g/mol. The molecular formula is C13H18N6O. The van der Waals surface area contributed by atoms with E-state index in [9.17, 15) is 0 Å². The van der Waals surface area contributed by atoms with Crippen molar-refractivity contribution in [2.24, 2.45) is 5.84 Å². The smallest absolute Gasteiger partial charge is 0.323 e. The molecule has 7 nitrogen and oxygen atoms in total. The molecule has 1 aromatic carbocycles. The fraction of sp³-hybridized carbons (Fsp3) is 0.308. The number of ether oxygens (including phenoxy) is 1. The summed E-state index contributed by atoms with van der Waals surface area (Å²) in [7, 11) is 0. The zero-order chi connectivity index (χ0) is 14.4. The van der Waals surface area contributed by atoms with E-state index in [4.69, 9.17) is 10.6 Å². The van der Waals surface area contributed by atoms with Crippen LogP contribution in [0.2, 0.25) is 0 Å². The van der Waals surface area contributed by atoms with Crippen molar-refractivity contribution in [3.63, 3.8) is 0 Å². The summed E-state index contributed by atoms with van der Waals surface area (Å²) in [6.45, 7) is 4.36. The van der Waals surface area contributed by atoms with Gasteiger partial charge in [-0.05, 0) is 19.4 Å². The van der Waals surface area contributed by atoms with Gasteiger partial charge in [0.25, 0.3) is 0 Å². The average Bonchev–Trinajstić information content (AvgIpc) is 2.48. The number of anilines is 2. The van der Waals surface area contributed by atoms with Gasteiger partial charge < -0.3 is 10.1 Å². The molecule has 1 atom stereocenters. The maximum atomic E-state index is 5.34. The first kappa shape index (κ1) is 14.0. The predicted octanol–water partition coefficient (Wildman–Crippen LogP) is 1.73. The number of hydrogen-bond donors (Lipinski definition) is 3. The Balaban J connectivity index is 2.17. The number of hydrazine groups is 1. The highest BCUT2D eigenvalue weighted by molar-refractivity contribution is 5.37. The van der Waals surface area contributed by atoms with Gasteiger partial charge in [0.05, 0.1) is 12.6 Å². The lowest BCUT2D eigenvalue weighted by molar-refractivity contribution is 0.312. The van der Waals surface area contributed by atoms with Crippen LogP contribution < -0.4 is 21.3 Å². The quantitative estimate of drug-likeness (QED) is 0.545. The van der Waals surface area contributed by atoms with Crippen molar-refractivity contribution < 1.29 is 4.74 Å². The highest BCUT2D eigenvalue weighted by Crippen LogP contribution is 2.18. The van der Waals surface area contributed by atoms with Gasteiger partial charge in [0.1, 0.15) is 0 Å². The molecule has 2 aromatic rings. The Bertz CT molecular complexity index is 548. The van der Waals surface area contributed by atoms with E-state index in [0.29, 0.717) is 12.6 Å². The van der Waals surface area contributed by atoms with Crippen molar-refractivity contribution in [1.29, 1.82) is 0 Å². The maximum absolute atomic E-state index is 5.34. The molecule has 7 heteroatoms. The fourth-order valence-corrected chi connectivity index (χ4v) is 1.70. The molecule has 0 saturated carbocycles. The van der Waals surface area contributed by atoms with Gasteiger partial charge in [0, 0.05) is 0 Å². The summed E-state index contributed by atoms with van der Waals surface area (Å²) in [5.74, 6) is 6.01. The lowest BCUT2D eigenvalue weighted by Gasteiger charge is -2.15. The molecule has 0 saturated heterocycles. The van der Waals surface area contributed by atoms with Gasteiger partial charge in [0.15, 0.2) is 0 Å². The molecule has 1 unspecified atom stereocenters. The van der Waals surface area contributed by atoms with Crippen molar-refractivity contribution in [3.8, 4) is 6.01 Å². The maximum Gasteiger partial charge on any atom is 0.323 e. The van der Waals surface area contributed by atoms with Crippen molar-refractivity contribution in [3.05, 3.63) is 35.9 Å². The third-order valence-corrected chi connectivity index (χ3v) is 2.66. The lowest BCUT2D eigenvalue weighted by atomic mass is 10.1. The number of nitrogens with zero attached hydrogens (tertiary/aromatic N) is 3. The second-order valence-electron chi connectivity index (χ2n) is 4.12. The second-order valence-corrected chi connectivity index (χ2v) is 4.12. The molecule has 0 bridgehead atoms. The van der Waals surface area contributed by atoms with Crippen LogP contribution >= 0.6 is 0 Å². The first-order valence-corrected chi connectivity index (χ1v) is 6.40. The van der Waals surface area contributed by atoms with Gasteiger partial charge in [-0.2, -0.15) is 15.0 Å². The normalized spacial score (nSPS) is 11.8. The van der Waals surface area contributed by atoms with Crippen LogP contribution in [0.25, 0.3) is 0 Å². The summed E-state index contributed by atoms with van der Waals surface area (Å²) >= 11 is 0. The molecule has 0 aliphatic carbocycles. The van der Waals surface area contributed by atoms with Crippen LogP contribution in [0.1, 0.15) is 25.5 Å². The van der Waals surface area contributed by atoms with Gasteiger partial charge in [-0.25, -0.2) is 5.84 Å². The Morgan fingerprint density at radius 1 is 1.15 bits per heavy atom. The molecule has 1 heterocycles. The van der Waals surface area contributed by atoms with Crippen LogP contribution in [0.15, 0.2) is 30.3 Å². The number of nitrogens with two attached hydrogens (primary N) is 1. The van der Waals surface area contributed by atoms with Gasteiger partial charge in [0.2, 0.25) is 11.9 Å². The standard InChI is InChI=1S/C13H18N6O/c1-3-20-13-17-11(16-12(18-13)19-14)15-9(2)10-7-5-4-6-8-10/h4-9H,3,14H2,1-2H3,(H2,15,16,17,18,19). The Hall–Kier alpha value is -2.41. The van der Waals surface area contributed by atoms with Crippen LogP contribution in [0.3, 0.4) is 0 Å². The summed E-state index contributed by atoms with van der Waals surface area (Å²) in [5, 5.41) is 3.19. The summed E-state index contributed by atoms with van der Waals surface area (Å²) in [4.78, 5) is 12.3. The minimum absolute atomic E-state index is 0.0544. The van der Waals surface area contributed by atoms with Gasteiger partial charge in [-0.15, -0.1) is 0 Å². The summed E-state index contributed by atoms with van der Waals surface area (Å²) < 4.78 is 5.28. The fourth-order valence-electron chi connectivity index (χ4n) is 1.70. The van der Waals surface area contributed by atoms with Gasteiger partial charge in [-0.1, -0.05) is 30.3 Å². The van der Waals surface area contributed by atoms with Gasteiger partial charge >= 0.3 is 6.01 Å². The topological polar surface area (TPSA) is 98.0 Å². The molecule has 0 amide bonds. The molecule has 0 aliphatic rings. The number of nitrogens with one attached hydrogen (secondary N) is 2. The first-order valence-electron chi connectivity index (χ1n) is 6.40. The Kier molecular flexibility index (Phi) is 4.67. The Morgan fingerprint density at radius 2 is 1.85 bits per heavy atom. The number of aromatic nitrogens is 3. The van der Waals surface area contributed by atoms with E-state index in [1.54, 1.807) is 0 Å². The molecule has 4 N–H and O–H groups in total. The average molecular weight is 274 g/mol. The molecule has 0 fully saturated rings. The molecule has 1 aromatic heterocycles. The highest BCUT2D eigenvalue weighted by atomic mass is 16.5.